The summed E-state index contributed by atoms with van der Waals surface area (Å²) in [5.74, 6) is -4.54. The first-order valence-electron chi connectivity index (χ1n) is 6.94. The summed E-state index contributed by atoms with van der Waals surface area (Å²) in [6, 6.07) is 0. The molecule has 1 aliphatic heterocycles. The summed E-state index contributed by atoms with van der Waals surface area (Å²) < 4.78 is 9.83. The molecule has 0 radical (unpaired) electrons. The fraction of sp³-hybridized carbons (Fsp3) is 0.643. The Morgan fingerprint density at radius 1 is 1.05 bits per heavy atom. The minimum atomic E-state index is -1.97. The van der Waals surface area contributed by atoms with E-state index in [4.69, 9.17) is 15.2 Å². The molecule has 6 nitrogen and oxygen atoms in total. The van der Waals surface area contributed by atoms with E-state index in [1.165, 1.54) is 0 Å². The van der Waals surface area contributed by atoms with Crippen LogP contribution in [0.25, 0.3) is 0 Å². The Morgan fingerprint density at radius 3 is 2.05 bits per heavy atom. The number of primary amides is 1. The maximum Gasteiger partial charge on any atom is 0.336 e. The van der Waals surface area contributed by atoms with E-state index in [1.807, 2.05) is 0 Å². The van der Waals surface area contributed by atoms with E-state index < -0.39 is 23.6 Å². The molecule has 0 atom stereocenters. The van der Waals surface area contributed by atoms with E-state index >= 15 is 0 Å². The van der Waals surface area contributed by atoms with Gasteiger partial charge >= 0.3 is 23.6 Å². The molecule has 112 valence electrons. The molecule has 0 saturated carbocycles. The summed E-state index contributed by atoms with van der Waals surface area (Å²) in [5, 5.41) is 0. The molecule has 20 heavy (non-hydrogen) atoms. The smallest absolute Gasteiger partial charge is 0.336 e. The van der Waals surface area contributed by atoms with Gasteiger partial charge in [0.15, 0.2) is 0 Å². The lowest BCUT2D eigenvalue weighted by Crippen LogP contribution is -2.50. The number of rotatable bonds is 8. The molecule has 0 saturated heterocycles. The van der Waals surface area contributed by atoms with Crippen molar-refractivity contribution in [3.8, 4) is 0 Å². The lowest BCUT2D eigenvalue weighted by atomic mass is 10.0. The van der Waals surface area contributed by atoms with Gasteiger partial charge in [-0.15, -0.1) is 0 Å². The minimum absolute atomic E-state index is 0.0909. The molecule has 1 amide bonds. The van der Waals surface area contributed by atoms with Gasteiger partial charge in [-0.2, -0.15) is 0 Å². The molecule has 0 aromatic carbocycles. The molecule has 1 aliphatic rings. The Balaban J connectivity index is 2.56. The molecule has 0 bridgehead atoms. The fourth-order valence-electron chi connectivity index (χ4n) is 2.01. The van der Waals surface area contributed by atoms with Gasteiger partial charge in [-0.25, -0.2) is 9.59 Å². The summed E-state index contributed by atoms with van der Waals surface area (Å²) in [4.78, 5) is 34.3. The van der Waals surface area contributed by atoms with Gasteiger partial charge in [-0.05, 0) is 6.42 Å². The van der Waals surface area contributed by atoms with Gasteiger partial charge in [0.2, 0.25) is 0 Å². The van der Waals surface area contributed by atoms with Crippen LogP contribution in [0.4, 0.5) is 0 Å². The molecule has 1 heterocycles. The van der Waals surface area contributed by atoms with Crippen LogP contribution < -0.4 is 5.73 Å². The van der Waals surface area contributed by atoms with Crippen molar-refractivity contribution in [1.82, 2.24) is 0 Å². The van der Waals surface area contributed by atoms with E-state index in [-0.39, 0.29) is 6.42 Å². The van der Waals surface area contributed by atoms with E-state index in [9.17, 15) is 14.4 Å². The maximum atomic E-state index is 11.5. The zero-order valence-corrected chi connectivity index (χ0v) is 11.7. The van der Waals surface area contributed by atoms with Crippen molar-refractivity contribution in [3.05, 3.63) is 12.2 Å². The molecule has 6 heteroatoms. The van der Waals surface area contributed by atoms with Crippen LogP contribution in [0.5, 0.6) is 0 Å². The zero-order chi connectivity index (χ0) is 15.0. The van der Waals surface area contributed by atoms with Gasteiger partial charge in [0, 0.05) is 18.6 Å². The van der Waals surface area contributed by atoms with Crippen LogP contribution in [-0.2, 0) is 23.9 Å². The first-order valence-corrected chi connectivity index (χ1v) is 6.94. The van der Waals surface area contributed by atoms with Crippen molar-refractivity contribution >= 4 is 17.8 Å². The van der Waals surface area contributed by atoms with E-state index in [0.29, 0.717) is 6.42 Å². The van der Waals surface area contributed by atoms with E-state index in [1.54, 1.807) is 0 Å². The lowest BCUT2D eigenvalue weighted by Gasteiger charge is -2.27. The molecule has 1 rings (SSSR count). The van der Waals surface area contributed by atoms with Crippen molar-refractivity contribution in [3.63, 3.8) is 0 Å². The minimum Gasteiger partial charge on any atom is -0.410 e. The van der Waals surface area contributed by atoms with Crippen molar-refractivity contribution in [2.24, 2.45) is 5.73 Å². The highest BCUT2D eigenvalue weighted by Crippen LogP contribution is 2.24. The second-order valence-electron chi connectivity index (χ2n) is 4.81. The average molecular weight is 283 g/mol. The largest absolute Gasteiger partial charge is 0.410 e. The topological polar surface area (TPSA) is 95.7 Å². The Labute approximate surface area is 118 Å². The molecule has 0 spiro atoms. The molecule has 0 aromatic rings. The predicted molar refractivity (Wildman–Crippen MR) is 71.2 cm³/mol. The molecule has 2 N–H and O–H groups in total. The SMILES string of the molecule is CCCCCCCCC1(C(N)=O)OC(=O)C=CC(=O)O1. The number of nitrogens with two attached hydrogens (primary N) is 1. The van der Waals surface area contributed by atoms with Gasteiger partial charge in [-0.3, -0.25) is 4.79 Å². The number of carbonyl (C=O) groups excluding carboxylic acids is 3. The summed E-state index contributed by atoms with van der Waals surface area (Å²) in [5.41, 5.74) is 5.24. The highest BCUT2D eigenvalue weighted by Gasteiger charge is 2.45. The number of hydrogen-bond donors (Lipinski definition) is 1. The Morgan fingerprint density at radius 2 is 1.55 bits per heavy atom. The predicted octanol–water partition coefficient (Wildman–Crippen LogP) is 1.57. The summed E-state index contributed by atoms with van der Waals surface area (Å²) in [6.07, 6.45) is 7.83. The van der Waals surface area contributed by atoms with Crippen molar-refractivity contribution in [2.45, 2.75) is 57.7 Å². The van der Waals surface area contributed by atoms with Crippen LogP contribution in [0.3, 0.4) is 0 Å². The number of ether oxygens (including phenoxy) is 2. The van der Waals surface area contributed by atoms with Gasteiger partial charge in [0.1, 0.15) is 0 Å². The number of unbranched alkanes of at least 4 members (excludes halogenated alkanes) is 5. The Hall–Kier alpha value is -1.85. The standard InChI is InChI=1S/C14H21NO5/c1-2-3-4-5-6-7-10-14(13(15)18)19-11(16)8-9-12(17)20-14/h8-9H,2-7,10H2,1H3,(H2,15,18). The van der Waals surface area contributed by atoms with Crippen LogP contribution in [0.1, 0.15) is 51.9 Å². The van der Waals surface area contributed by atoms with Gasteiger partial charge in [0.05, 0.1) is 0 Å². The normalized spacial score (nSPS) is 17.2. The second kappa shape index (κ2) is 7.67. The monoisotopic (exact) mass is 283 g/mol. The van der Waals surface area contributed by atoms with Crippen LogP contribution in [0, 0.1) is 0 Å². The van der Waals surface area contributed by atoms with Gasteiger partial charge in [-0.1, -0.05) is 39.0 Å². The van der Waals surface area contributed by atoms with Crippen LogP contribution >= 0.6 is 0 Å². The third kappa shape index (κ3) is 4.68. The van der Waals surface area contributed by atoms with Crippen LogP contribution in [0.15, 0.2) is 12.2 Å². The molecular weight excluding hydrogens is 262 g/mol. The van der Waals surface area contributed by atoms with Crippen molar-refractivity contribution in [2.75, 3.05) is 0 Å². The average Bonchev–Trinajstić information content (AvgIpc) is 2.54. The number of carbonyl (C=O) groups is 3. The molecule has 0 fully saturated rings. The van der Waals surface area contributed by atoms with Crippen LogP contribution in [-0.4, -0.2) is 23.6 Å². The van der Waals surface area contributed by atoms with Crippen molar-refractivity contribution < 1.29 is 23.9 Å². The van der Waals surface area contributed by atoms with Crippen molar-refractivity contribution in [1.29, 1.82) is 0 Å². The Kier molecular flexibility index (Phi) is 6.21. The summed E-state index contributed by atoms with van der Waals surface area (Å²) in [6.45, 7) is 2.12. The number of amides is 1. The lowest BCUT2D eigenvalue weighted by molar-refractivity contribution is -0.220. The maximum absolute atomic E-state index is 11.5. The summed E-state index contributed by atoms with van der Waals surface area (Å²) in [7, 11) is 0. The number of cyclic esters (lactones) is 2. The van der Waals surface area contributed by atoms with E-state index in [0.717, 1.165) is 44.3 Å². The third-order valence-electron chi connectivity index (χ3n) is 3.12. The number of hydrogen-bond acceptors (Lipinski definition) is 5. The van der Waals surface area contributed by atoms with Crippen LogP contribution in [0.2, 0.25) is 0 Å². The number of esters is 2. The molecule has 0 aromatic heterocycles. The third-order valence-corrected chi connectivity index (χ3v) is 3.12. The summed E-state index contributed by atoms with van der Waals surface area (Å²) >= 11 is 0. The molecule has 0 unspecified atom stereocenters. The second-order valence-corrected chi connectivity index (χ2v) is 4.81. The Bertz CT molecular complexity index is 382. The zero-order valence-electron chi connectivity index (χ0n) is 11.7. The highest BCUT2D eigenvalue weighted by atomic mass is 16.7. The molecular formula is C14H21NO5. The van der Waals surface area contributed by atoms with Gasteiger partial charge < -0.3 is 15.2 Å². The quantitative estimate of drug-likeness (QED) is 0.539. The highest BCUT2D eigenvalue weighted by molar-refractivity contribution is 5.97. The molecule has 0 aliphatic carbocycles. The van der Waals surface area contributed by atoms with E-state index in [2.05, 4.69) is 6.92 Å². The fourth-order valence-corrected chi connectivity index (χ4v) is 2.01. The van der Waals surface area contributed by atoms with Gasteiger partial charge in [0.25, 0.3) is 0 Å². The first-order chi connectivity index (χ1) is 9.50. The first kappa shape index (κ1) is 16.2.